The van der Waals surface area contributed by atoms with Crippen molar-refractivity contribution in [3.8, 4) is 0 Å². The second kappa shape index (κ2) is 6.27. The first-order valence-corrected chi connectivity index (χ1v) is 8.55. The topological polar surface area (TPSA) is 42.0 Å². The quantitative estimate of drug-likeness (QED) is 0.800. The highest BCUT2D eigenvalue weighted by molar-refractivity contribution is 9.13. The molecule has 0 spiro atoms. The maximum atomic E-state index is 12.1. The maximum absolute atomic E-state index is 12.1. The fourth-order valence-electron chi connectivity index (χ4n) is 1.43. The number of aromatic nitrogens is 1. The van der Waals surface area contributed by atoms with E-state index in [4.69, 9.17) is 0 Å². The third-order valence-corrected chi connectivity index (χ3v) is 6.48. The molecule has 0 bridgehead atoms. The van der Waals surface area contributed by atoms with E-state index in [1.165, 1.54) is 11.3 Å². The zero-order chi connectivity index (χ0) is 13.1. The van der Waals surface area contributed by atoms with Gasteiger partial charge < -0.3 is 5.32 Å². The molecule has 0 fully saturated rings. The van der Waals surface area contributed by atoms with Crippen molar-refractivity contribution in [2.24, 2.45) is 0 Å². The van der Waals surface area contributed by atoms with Crippen LogP contribution in [-0.2, 0) is 0 Å². The summed E-state index contributed by atoms with van der Waals surface area (Å²) in [6.07, 6.45) is 2.58. The molecule has 3 nitrogen and oxygen atoms in total. The van der Waals surface area contributed by atoms with Crippen molar-refractivity contribution >= 4 is 60.4 Å². The summed E-state index contributed by atoms with van der Waals surface area (Å²) >= 11 is 9.74. The van der Waals surface area contributed by atoms with E-state index in [2.05, 4.69) is 42.2 Å². The van der Waals surface area contributed by atoms with E-state index >= 15 is 0 Å². The molecule has 1 atom stereocenters. The molecule has 0 aliphatic heterocycles. The first-order valence-electron chi connectivity index (χ1n) is 5.27. The van der Waals surface area contributed by atoms with E-state index in [0.717, 1.165) is 19.7 Å². The molecule has 2 rings (SSSR count). The van der Waals surface area contributed by atoms with Crippen LogP contribution in [0.1, 0.15) is 34.1 Å². The van der Waals surface area contributed by atoms with Crippen LogP contribution < -0.4 is 5.32 Å². The van der Waals surface area contributed by atoms with Gasteiger partial charge in [-0.2, -0.15) is 0 Å². The minimum atomic E-state index is -0.0616. The number of nitrogens with zero attached hydrogens (tertiary/aromatic N) is 1. The van der Waals surface area contributed by atoms with E-state index in [0.29, 0.717) is 4.88 Å². The molecule has 0 radical (unpaired) electrons. The van der Waals surface area contributed by atoms with Crippen LogP contribution in [0.3, 0.4) is 0 Å². The number of nitrogens with one attached hydrogen (secondary N) is 1. The molecule has 0 aromatic carbocycles. The Hall–Kier alpha value is -0.240. The minimum Gasteiger partial charge on any atom is -0.342 e. The predicted octanol–water partition coefficient (Wildman–Crippen LogP) is 4.61. The fraction of sp³-hybridized carbons (Fsp3) is 0.273. The van der Waals surface area contributed by atoms with Gasteiger partial charge in [-0.1, -0.05) is 6.92 Å². The summed E-state index contributed by atoms with van der Waals surface area (Å²) in [5.74, 6) is -0.0616. The van der Waals surface area contributed by atoms with Crippen LogP contribution in [0.5, 0.6) is 0 Å². The number of thiophene rings is 1. The van der Waals surface area contributed by atoms with Crippen LogP contribution in [0.25, 0.3) is 0 Å². The van der Waals surface area contributed by atoms with Crippen LogP contribution in [0.2, 0.25) is 0 Å². The zero-order valence-corrected chi connectivity index (χ0v) is 14.2. The molecule has 0 aliphatic carbocycles. The number of hydrogen-bond donors (Lipinski definition) is 1. The Morgan fingerprint density at radius 1 is 1.56 bits per heavy atom. The molecular weight excluding hydrogens is 400 g/mol. The summed E-state index contributed by atoms with van der Waals surface area (Å²) in [4.78, 5) is 17.0. The fourth-order valence-corrected chi connectivity index (χ4v) is 4.14. The lowest BCUT2D eigenvalue weighted by molar-refractivity contribution is 0.0939. The van der Waals surface area contributed by atoms with E-state index in [-0.39, 0.29) is 11.9 Å². The number of hydrogen-bond acceptors (Lipinski definition) is 4. The average Bonchev–Trinajstić information content (AvgIpc) is 2.97. The second-order valence-electron chi connectivity index (χ2n) is 3.54. The molecule has 96 valence electrons. The van der Waals surface area contributed by atoms with Crippen molar-refractivity contribution in [1.82, 2.24) is 10.3 Å². The molecular formula is C11H10Br2N2OS2. The third kappa shape index (κ3) is 3.20. The van der Waals surface area contributed by atoms with Crippen LogP contribution in [0, 0.1) is 0 Å². The molecule has 2 aromatic heterocycles. The molecule has 0 saturated carbocycles. The highest BCUT2D eigenvalue weighted by Gasteiger charge is 2.18. The van der Waals surface area contributed by atoms with E-state index < -0.39 is 0 Å². The second-order valence-corrected chi connectivity index (χ2v) is 7.69. The molecule has 2 aromatic rings. The van der Waals surface area contributed by atoms with Crippen molar-refractivity contribution in [2.45, 2.75) is 19.4 Å². The molecule has 1 N–H and O–H groups in total. The van der Waals surface area contributed by atoms with Gasteiger partial charge in [0.1, 0.15) is 5.01 Å². The molecule has 1 unspecified atom stereocenters. The SMILES string of the molecule is CCC(NC(=O)c1cc(Br)c(Br)s1)c1nccs1. The zero-order valence-electron chi connectivity index (χ0n) is 9.44. The minimum absolute atomic E-state index is 0.0165. The Labute approximate surface area is 130 Å². The van der Waals surface area contributed by atoms with Crippen LogP contribution in [-0.4, -0.2) is 10.9 Å². The normalized spacial score (nSPS) is 12.4. The van der Waals surface area contributed by atoms with Crippen molar-refractivity contribution in [3.05, 3.63) is 35.8 Å². The molecule has 7 heteroatoms. The Balaban J connectivity index is 2.10. The van der Waals surface area contributed by atoms with Crippen LogP contribution in [0.4, 0.5) is 0 Å². The number of carbonyl (C=O) groups is 1. The Morgan fingerprint density at radius 2 is 2.33 bits per heavy atom. The van der Waals surface area contributed by atoms with Crippen molar-refractivity contribution < 1.29 is 4.79 Å². The predicted molar refractivity (Wildman–Crippen MR) is 82.3 cm³/mol. The Kier molecular flexibility index (Phi) is 4.94. The van der Waals surface area contributed by atoms with Gasteiger partial charge in [0.15, 0.2) is 0 Å². The molecule has 2 heterocycles. The summed E-state index contributed by atoms with van der Waals surface area (Å²) in [6, 6.07) is 1.80. The lowest BCUT2D eigenvalue weighted by Gasteiger charge is -2.13. The van der Waals surface area contributed by atoms with E-state index in [9.17, 15) is 4.79 Å². The maximum Gasteiger partial charge on any atom is 0.261 e. The Morgan fingerprint density at radius 3 is 2.83 bits per heavy atom. The first kappa shape index (κ1) is 14.2. The third-order valence-electron chi connectivity index (χ3n) is 2.33. The Bertz CT molecular complexity index is 520. The molecule has 18 heavy (non-hydrogen) atoms. The monoisotopic (exact) mass is 408 g/mol. The first-order chi connectivity index (χ1) is 8.61. The number of halogens is 2. The van der Waals surface area contributed by atoms with Crippen LogP contribution >= 0.6 is 54.5 Å². The van der Waals surface area contributed by atoms with Gasteiger partial charge in [-0.15, -0.1) is 22.7 Å². The van der Waals surface area contributed by atoms with Crippen molar-refractivity contribution in [3.63, 3.8) is 0 Å². The van der Waals surface area contributed by atoms with Gasteiger partial charge in [-0.05, 0) is 44.3 Å². The summed E-state index contributed by atoms with van der Waals surface area (Å²) < 4.78 is 1.83. The average molecular weight is 410 g/mol. The van der Waals surface area contributed by atoms with Gasteiger partial charge in [-0.25, -0.2) is 4.98 Å². The summed E-state index contributed by atoms with van der Waals surface area (Å²) in [5, 5.41) is 5.87. The standard InChI is InChI=1S/C11H10Br2N2OS2/c1-2-7(11-14-3-4-17-11)15-10(16)8-5-6(12)9(13)18-8/h3-5,7H,2H2,1H3,(H,15,16). The van der Waals surface area contributed by atoms with Gasteiger partial charge >= 0.3 is 0 Å². The molecule has 0 aliphatic rings. The lowest BCUT2D eigenvalue weighted by atomic mass is 10.2. The summed E-state index contributed by atoms with van der Waals surface area (Å²) in [6.45, 7) is 2.03. The smallest absolute Gasteiger partial charge is 0.261 e. The molecule has 1 amide bonds. The summed E-state index contributed by atoms with van der Waals surface area (Å²) in [5.41, 5.74) is 0. The van der Waals surface area contributed by atoms with Gasteiger partial charge in [0.25, 0.3) is 5.91 Å². The van der Waals surface area contributed by atoms with E-state index in [1.54, 1.807) is 17.5 Å². The van der Waals surface area contributed by atoms with Gasteiger partial charge in [0.2, 0.25) is 0 Å². The number of carbonyl (C=O) groups excluding carboxylic acids is 1. The van der Waals surface area contributed by atoms with Crippen molar-refractivity contribution in [2.75, 3.05) is 0 Å². The van der Waals surface area contributed by atoms with E-state index in [1.807, 2.05) is 18.4 Å². The number of rotatable bonds is 4. The number of thiazole rings is 1. The lowest BCUT2D eigenvalue weighted by Crippen LogP contribution is -2.27. The van der Waals surface area contributed by atoms with Gasteiger partial charge in [0.05, 0.1) is 14.7 Å². The summed E-state index contributed by atoms with van der Waals surface area (Å²) in [7, 11) is 0. The highest BCUT2D eigenvalue weighted by Crippen LogP contribution is 2.32. The largest absolute Gasteiger partial charge is 0.342 e. The van der Waals surface area contributed by atoms with Gasteiger partial charge in [0, 0.05) is 16.0 Å². The molecule has 0 saturated heterocycles. The highest BCUT2D eigenvalue weighted by atomic mass is 79.9. The van der Waals surface area contributed by atoms with Gasteiger partial charge in [-0.3, -0.25) is 4.79 Å². The van der Waals surface area contributed by atoms with Crippen molar-refractivity contribution in [1.29, 1.82) is 0 Å². The van der Waals surface area contributed by atoms with Crippen LogP contribution in [0.15, 0.2) is 25.9 Å². The number of amides is 1.